The number of azide groups is 1. The quantitative estimate of drug-likeness (QED) is 0.222. The Hall–Kier alpha value is -1.14. The zero-order valence-electron chi connectivity index (χ0n) is 12.0. The molecule has 2 fully saturated rings. The maximum atomic E-state index is 12.2. The van der Waals surface area contributed by atoms with Crippen LogP contribution in [0.15, 0.2) is 5.11 Å². The molecule has 2 N–H and O–H groups in total. The van der Waals surface area contributed by atoms with E-state index >= 15 is 0 Å². The number of ether oxygens (including phenoxy) is 2. The molecule has 0 spiro atoms. The van der Waals surface area contributed by atoms with Gasteiger partial charge in [0.1, 0.15) is 9.65 Å². The zero-order valence-corrected chi connectivity index (χ0v) is 14.1. The van der Waals surface area contributed by atoms with Crippen molar-refractivity contribution in [2.45, 2.75) is 41.4 Å². The molecule has 11 heteroatoms. The normalized spacial score (nSPS) is 38.6. The molecule has 0 aliphatic carbocycles. The Morgan fingerprint density at radius 2 is 2.36 bits per heavy atom. The van der Waals surface area contributed by atoms with E-state index in [1.807, 2.05) is 22.6 Å². The van der Waals surface area contributed by atoms with Gasteiger partial charge in [-0.2, -0.15) is 0 Å². The predicted molar refractivity (Wildman–Crippen MR) is 81.9 cm³/mol. The zero-order chi connectivity index (χ0) is 16.5. The molecular formula is C11H16IN5O5. The van der Waals surface area contributed by atoms with E-state index in [2.05, 4.69) is 15.3 Å². The Balaban J connectivity index is 2.28. The molecule has 0 saturated carbocycles. The number of nitrogens with one attached hydrogen (secondary N) is 1. The van der Waals surface area contributed by atoms with Gasteiger partial charge in [-0.05, 0) is 12.5 Å². The Kier molecular flexibility index (Phi) is 5.12. The highest BCUT2D eigenvalue weighted by Gasteiger charge is 2.54. The van der Waals surface area contributed by atoms with Crippen molar-refractivity contribution in [2.75, 3.05) is 13.7 Å². The highest BCUT2D eigenvalue weighted by Crippen LogP contribution is 2.36. The van der Waals surface area contributed by atoms with Crippen molar-refractivity contribution < 1.29 is 24.2 Å². The molecule has 2 aliphatic rings. The van der Waals surface area contributed by atoms with Gasteiger partial charge in [0.15, 0.2) is 6.23 Å². The summed E-state index contributed by atoms with van der Waals surface area (Å²) in [6.07, 6.45) is -2.10. The summed E-state index contributed by atoms with van der Waals surface area (Å²) in [7, 11) is 1.39. The largest absolute Gasteiger partial charge is 0.394 e. The van der Waals surface area contributed by atoms with Crippen LogP contribution >= 0.6 is 22.6 Å². The van der Waals surface area contributed by atoms with Crippen LogP contribution in [0, 0.1) is 0 Å². The first-order valence-corrected chi connectivity index (χ1v) is 7.60. The van der Waals surface area contributed by atoms with E-state index in [-0.39, 0.29) is 13.0 Å². The number of hydrogen-bond donors (Lipinski definition) is 2. The number of hydrogen-bond acceptors (Lipinski definition) is 6. The van der Waals surface area contributed by atoms with Gasteiger partial charge in [-0.1, -0.05) is 27.7 Å². The van der Waals surface area contributed by atoms with E-state index in [1.54, 1.807) is 6.92 Å². The first kappa shape index (κ1) is 17.2. The average molecular weight is 425 g/mol. The molecule has 122 valence electrons. The summed E-state index contributed by atoms with van der Waals surface area (Å²) >= 11 is 1.91. The number of carbonyl (C=O) groups is 2. The molecule has 0 radical (unpaired) electrons. The number of imide groups is 1. The van der Waals surface area contributed by atoms with Crippen LogP contribution in [0.25, 0.3) is 10.4 Å². The lowest BCUT2D eigenvalue weighted by molar-refractivity contribution is -0.151. The number of aliphatic hydroxyl groups excluding tert-OH is 1. The maximum absolute atomic E-state index is 12.2. The first-order valence-electron chi connectivity index (χ1n) is 6.52. The van der Waals surface area contributed by atoms with Crippen LogP contribution < -0.4 is 5.32 Å². The van der Waals surface area contributed by atoms with Gasteiger partial charge in [-0.25, -0.2) is 4.79 Å². The predicted octanol–water partition coefficient (Wildman–Crippen LogP) is 0.491. The molecule has 2 aliphatic heterocycles. The third-order valence-electron chi connectivity index (χ3n) is 3.73. The summed E-state index contributed by atoms with van der Waals surface area (Å²) in [5, 5.41) is 15.1. The van der Waals surface area contributed by atoms with Gasteiger partial charge >= 0.3 is 6.03 Å². The molecule has 2 saturated heterocycles. The second-order valence-corrected chi connectivity index (χ2v) is 7.39. The minimum atomic E-state index is -1.00. The van der Waals surface area contributed by atoms with Crippen LogP contribution in [-0.4, -0.2) is 63.7 Å². The fraction of sp³-hybridized carbons (Fsp3) is 0.818. The Morgan fingerprint density at radius 3 is 2.91 bits per heavy atom. The number of urea groups is 1. The molecule has 0 bridgehead atoms. The lowest BCUT2D eigenvalue weighted by Gasteiger charge is -2.44. The van der Waals surface area contributed by atoms with E-state index in [0.717, 1.165) is 0 Å². The van der Waals surface area contributed by atoms with Crippen LogP contribution in [0.4, 0.5) is 4.79 Å². The molecule has 3 unspecified atom stereocenters. The highest BCUT2D eigenvalue weighted by molar-refractivity contribution is 14.1. The number of aliphatic hydroxyl groups is 1. The smallest absolute Gasteiger partial charge is 0.328 e. The fourth-order valence-corrected chi connectivity index (χ4v) is 3.31. The molecular weight excluding hydrogens is 409 g/mol. The van der Waals surface area contributed by atoms with Gasteiger partial charge in [0.05, 0.1) is 18.8 Å². The summed E-state index contributed by atoms with van der Waals surface area (Å²) in [5.41, 5.74) is 8.56. The summed E-state index contributed by atoms with van der Waals surface area (Å²) in [4.78, 5) is 28.1. The first-order chi connectivity index (χ1) is 10.4. The molecule has 2 heterocycles. The van der Waals surface area contributed by atoms with Gasteiger partial charge in [-0.3, -0.25) is 15.0 Å². The van der Waals surface area contributed by atoms with Crippen molar-refractivity contribution in [3.63, 3.8) is 0 Å². The molecule has 2 rings (SSSR count). The number of alkyl halides is 1. The van der Waals surface area contributed by atoms with Gasteiger partial charge < -0.3 is 14.6 Å². The molecule has 3 amide bonds. The van der Waals surface area contributed by atoms with Gasteiger partial charge in [0, 0.05) is 18.4 Å². The van der Waals surface area contributed by atoms with E-state index in [4.69, 9.17) is 15.0 Å². The van der Waals surface area contributed by atoms with Crippen molar-refractivity contribution in [1.82, 2.24) is 10.2 Å². The van der Waals surface area contributed by atoms with Gasteiger partial charge in [-0.15, -0.1) is 0 Å². The van der Waals surface area contributed by atoms with Crippen molar-refractivity contribution in [3.05, 3.63) is 10.4 Å². The molecule has 22 heavy (non-hydrogen) atoms. The van der Waals surface area contributed by atoms with E-state index in [1.165, 1.54) is 12.0 Å². The SMILES string of the molecule is COC1N([C@H]2CC(N=[N+]=[N-])[C@@H](CO)O2)C(=O)NC(=O)C1(C)I. The Bertz CT molecular complexity index is 523. The van der Waals surface area contributed by atoms with Crippen LogP contribution in [0.5, 0.6) is 0 Å². The van der Waals surface area contributed by atoms with Crippen molar-refractivity contribution in [2.24, 2.45) is 5.11 Å². The average Bonchev–Trinajstić information content (AvgIpc) is 2.85. The number of halogens is 1. The van der Waals surface area contributed by atoms with Crippen LogP contribution in [0.1, 0.15) is 13.3 Å². The van der Waals surface area contributed by atoms with Crippen molar-refractivity contribution >= 4 is 34.5 Å². The molecule has 0 aromatic carbocycles. The fourth-order valence-electron chi connectivity index (χ4n) is 2.62. The molecule has 0 aromatic heterocycles. The number of amides is 3. The second-order valence-electron chi connectivity index (χ2n) is 5.15. The Morgan fingerprint density at radius 1 is 1.68 bits per heavy atom. The molecule has 5 atom stereocenters. The topological polar surface area (TPSA) is 137 Å². The van der Waals surface area contributed by atoms with Crippen molar-refractivity contribution in [3.8, 4) is 0 Å². The standard InChI is InChI=1S/C11H16IN5O5/c1-11(12)8(19)14-10(20)17(9(11)21-2)7-3-5(15-16-13)6(4-18)22-7/h5-7,9,18H,3-4H2,1-2H3,(H,14,19,20)/t5?,6-,7-,9?,11?/m1/s1. The third kappa shape index (κ3) is 2.86. The van der Waals surface area contributed by atoms with Gasteiger partial charge in [0.25, 0.3) is 0 Å². The lowest BCUT2D eigenvalue weighted by Crippen LogP contribution is -2.69. The van der Waals surface area contributed by atoms with E-state index in [0.29, 0.717) is 0 Å². The van der Waals surface area contributed by atoms with E-state index in [9.17, 15) is 14.7 Å². The van der Waals surface area contributed by atoms with Gasteiger partial charge in [0.2, 0.25) is 5.91 Å². The highest BCUT2D eigenvalue weighted by atomic mass is 127. The number of carbonyl (C=O) groups excluding carboxylic acids is 2. The Labute approximate surface area is 139 Å². The summed E-state index contributed by atoms with van der Waals surface area (Å²) < 4.78 is 9.92. The van der Waals surface area contributed by atoms with Crippen LogP contribution in [0.3, 0.4) is 0 Å². The minimum absolute atomic E-state index is 0.212. The lowest BCUT2D eigenvalue weighted by atomic mass is 10.0. The summed E-state index contributed by atoms with van der Waals surface area (Å²) in [5.74, 6) is -0.454. The number of nitrogens with zero attached hydrogens (tertiary/aromatic N) is 4. The molecule has 0 aromatic rings. The number of methoxy groups -OCH3 is 1. The van der Waals surface area contributed by atoms with E-state index < -0.39 is 40.0 Å². The van der Waals surface area contributed by atoms with Crippen molar-refractivity contribution in [1.29, 1.82) is 0 Å². The summed E-state index contributed by atoms with van der Waals surface area (Å²) in [6, 6.07) is -1.24. The van der Waals surface area contributed by atoms with Crippen LogP contribution in [-0.2, 0) is 14.3 Å². The third-order valence-corrected chi connectivity index (χ3v) is 4.76. The minimum Gasteiger partial charge on any atom is -0.394 e. The monoisotopic (exact) mass is 425 g/mol. The number of rotatable bonds is 4. The maximum Gasteiger partial charge on any atom is 0.328 e. The summed E-state index contributed by atoms with van der Waals surface area (Å²) in [6.45, 7) is 1.30. The molecule has 10 nitrogen and oxygen atoms in total. The van der Waals surface area contributed by atoms with Crippen LogP contribution in [0.2, 0.25) is 0 Å². The second kappa shape index (κ2) is 6.54.